The lowest BCUT2D eigenvalue weighted by Gasteiger charge is -2.15. The minimum atomic E-state index is -1.000. The van der Waals surface area contributed by atoms with Gasteiger partial charge in [-0.15, -0.1) is 0 Å². The molecule has 0 unspecified atom stereocenters. The van der Waals surface area contributed by atoms with Crippen molar-refractivity contribution in [2.45, 2.75) is 0 Å². The van der Waals surface area contributed by atoms with E-state index in [0.717, 1.165) is 33.5 Å². The van der Waals surface area contributed by atoms with Gasteiger partial charge in [0.15, 0.2) is 0 Å². The van der Waals surface area contributed by atoms with E-state index in [-0.39, 0.29) is 5.75 Å². The van der Waals surface area contributed by atoms with Gasteiger partial charge in [0.2, 0.25) is 0 Å². The number of aromatic hydroxyl groups is 1. The average Bonchev–Trinajstić information content (AvgIpc) is 2.73. The van der Waals surface area contributed by atoms with Gasteiger partial charge in [-0.25, -0.2) is 4.79 Å². The fourth-order valence-electron chi connectivity index (χ4n) is 3.21. The molecule has 5 heteroatoms. The van der Waals surface area contributed by atoms with Crippen molar-refractivity contribution in [1.82, 2.24) is 0 Å². The summed E-state index contributed by atoms with van der Waals surface area (Å²) < 4.78 is 6.27. The molecular formula is C25H17ClO4. The van der Waals surface area contributed by atoms with Crippen molar-refractivity contribution in [3.63, 3.8) is 0 Å². The minimum Gasteiger partial charge on any atom is -0.508 e. The van der Waals surface area contributed by atoms with Crippen molar-refractivity contribution in [3.8, 4) is 28.4 Å². The molecule has 4 aromatic carbocycles. The Morgan fingerprint density at radius 3 is 2.47 bits per heavy atom. The first-order valence-corrected chi connectivity index (χ1v) is 9.58. The summed E-state index contributed by atoms with van der Waals surface area (Å²) in [4.78, 5) is 10.7. The molecule has 0 aliphatic rings. The first-order valence-electron chi connectivity index (χ1n) is 9.20. The van der Waals surface area contributed by atoms with E-state index in [1.807, 2.05) is 42.5 Å². The number of carboxylic acids is 1. The molecule has 0 bridgehead atoms. The molecule has 4 rings (SSSR count). The summed E-state index contributed by atoms with van der Waals surface area (Å²) in [5, 5.41) is 20.9. The molecule has 4 aromatic rings. The third-order valence-corrected chi connectivity index (χ3v) is 4.84. The topological polar surface area (TPSA) is 66.8 Å². The van der Waals surface area contributed by atoms with Crippen molar-refractivity contribution in [3.05, 3.63) is 95.5 Å². The molecule has 0 saturated carbocycles. The maximum absolute atomic E-state index is 10.7. The Hall–Kier alpha value is -3.76. The fourth-order valence-corrected chi connectivity index (χ4v) is 3.40. The van der Waals surface area contributed by atoms with Gasteiger partial charge in [-0.3, -0.25) is 0 Å². The smallest absolute Gasteiger partial charge is 0.328 e. The molecule has 0 aromatic heterocycles. The van der Waals surface area contributed by atoms with Crippen LogP contribution >= 0.6 is 11.6 Å². The molecule has 0 heterocycles. The van der Waals surface area contributed by atoms with Crippen molar-refractivity contribution >= 4 is 34.4 Å². The van der Waals surface area contributed by atoms with Gasteiger partial charge >= 0.3 is 5.97 Å². The molecule has 4 nitrogen and oxygen atoms in total. The van der Waals surface area contributed by atoms with Gasteiger partial charge < -0.3 is 14.9 Å². The van der Waals surface area contributed by atoms with Gasteiger partial charge in [0.25, 0.3) is 0 Å². The number of hydrogen-bond acceptors (Lipinski definition) is 3. The van der Waals surface area contributed by atoms with Crippen molar-refractivity contribution < 1.29 is 19.7 Å². The van der Waals surface area contributed by atoms with Crippen molar-refractivity contribution in [1.29, 1.82) is 0 Å². The molecule has 0 aliphatic heterocycles. The number of phenols is 1. The minimum absolute atomic E-state index is 0.179. The summed E-state index contributed by atoms with van der Waals surface area (Å²) in [5.41, 5.74) is 2.53. The predicted molar refractivity (Wildman–Crippen MR) is 119 cm³/mol. The highest BCUT2D eigenvalue weighted by Gasteiger charge is 2.13. The predicted octanol–water partition coefficient (Wildman–Crippen LogP) is 6.76. The van der Waals surface area contributed by atoms with Crippen LogP contribution in [0, 0.1) is 0 Å². The van der Waals surface area contributed by atoms with Gasteiger partial charge in [-0.05, 0) is 71.1 Å². The van der Waals surface area contributed by atoms with Gasteiger partial charge in [-0.1, -0.05) is 41.9 Å². The van der Waals surface area contributed by atoms with Crippen LogP contribution in [-0.4, -0.2) is 16.2 Å². The van der Waals surface area contributed by atoms with Crippen LogP contribution < -0.4 is 4.74 Å². The van der Waals surface area contributed by atoms with E-state index in [1.54, 1.807) is 36.4 Å². The molecule has 0 atom stereocenters. The number of carboxylic acid groups (broad SMARTS) is 1. The molecule has 0 radical (unpaired) electrons. The van der Waals surface area contributed by atoms with E-state index < -0.39 is 5.97 Å². The SMILES string of the molecule is O=C(O)/C=C/c1ccc(Oc2c(-c3cccc(Cl)c3)ccc3cc(O)ccc23)cc1. The van der Waals surface area contributed by atoms with Crippen molar-refractivity contribution in [2.24, 2.45) is 0 Å². The van der Waals surface area contributed by atoms with Gasteiger partial charge in [-0.2, -0.15) is 0 Å². The molecule has 148 valence electrons. The summed E-state index contributed by atoms with van der Waals surface area (Å²) in [6.45, 7) is 0. The Labute approximate surface area is 178 Å². The third-order valence-electron chi connectivity index (χ3n) is 4.61. The number of phenolic OH excluding ortho intramolecular Hbond substituents is 1. The van der Waals surface area contributed by atoms with Crippen LogP contribution in [0.15, 0.2) is 84.9 Å². The van der Waals surface area contributed by atoms with E-state index in [2.05, 4.69) is 0 Å². The van der Waals surface area contributed by atoms with Crippen LogP contribution in [0.2, 0.25) is 5.02 Å². The monoisotopic (exact) mass is 416 g/mol. The number of hydrogen-bond donors (Lipinski definition) is 2. The Morgan fingerprint density at radius 1 is 0.933 bits per heavy atom. The number of halogens is 1. The summed E-state index contributed by atoms with van der Waals surface area (Å²) in [5.74, 6) is 0.425. The lowest BCUT2D eigenvalue weighted by atomic mass is 9.99. The second kappa shape index (κ2) is 8.31. The fraction of sp³-hybridized carbons (Fsp3) is 0. The maximum Gasteiger partial charge on any atom is 0.328 e. The Balaban J connectivity index is 1.79. The molecule has 0 spiro atoms. The molecule has 0 amide bonds. The first-order chi connectivity index (χ1) is 14.5. The van der Waals surface area contributed by atoms with Gasteiger partial charge in [0, 0.05) is 22.0 Å². The lowest BCUT2D eigenvalue weighted by Crippen LogP contribution is -1.91. The van der Waals surface area contributed by atoms with E-state index in [9.17, 15) is 9.90 Å². The number of carbonyl (C=O) groups is 1. The highest BCUT2D eigenvalue weighted by molar-refractivity contribution is 6.30. The zero-order chi connectivity index (χ0) is 21.1. The highest BCUT2D eigenvalue weighted by Crippen LogP contribution is 2.41. The number of ether oxygens (including phenoxy) is 1. The number of aliphatic carboxylic acids is 1. The van der Waals surface area contributed by atoms with Crippen molar-refractivity contribution in [2.75, 3.05) is 0 Å². The second-order valence-electron chi connectivity index (χ2n) is 6.70. The third kappa shape index (κ3) is 4.29. The molecule has 0 saturated heterocycles. The highest BCUT2D eigenvalue weighted by atomic mass is 35.5. The summed E-state index contributed by atoms with van der Waals surface area (Å²) in [7, 11) is 0. The second-order valence-corrected chi connectivity index (χ2v) is 7.14. The van der Waals surface area contributed by atoms with Crippen LogP contribution in [0.25, 0.3) is 28.0 Å². The standard InChI is InChI=1S/C25H17ClO4/c26-19-3-1-2-17(14-19)22-11-7-18-15-20(27)8-12-23(18)25(22)30-21-9-4-16(5-10-21)6-13-24(28)29/h1-15,27H,(H,28,29)/b13-6+. The van der Waals surface area contributed by atoms with Gasteiger partial charge in [0.05, 0.1) is 0 Å². The van der Waals surface area contributed by atoms with Crippen LogP contribution in [0.1, 0.15) is 5.56 Å². The molecule has 30 heavy (non-hydrogen) atoms. The van der Waals surface area contributed by atoms with E-state index in [0.29, 0.717) is 16.5 Å². The summed E-state index contributed by atoms with van der Waals surface area (Å²) in [6, 6.07) is 23.6. The molecule has 0 aliphatic carbocycles. The largest absolute Gasteiger partial charge is 0.508 e. The normalized spacial score (nSPS) is 11.1. The molecular weight excluding hydrogens is 400 g/mol. The Bertz CT molecular complexity index is 1260. The van der Waals surface area contributed by atoms with Crippen LogP contribution in [0.4, 0.5) is 0 Å². The quantitative estimate of drug-likeness (QED) is 0.353. The van der Waals surface area contributed by atoms with Gasteiger partial charge in [0.1, 0.15) is 17.2 Å². The van der Waals surface area contributed by atoms with E-state index >= 15 is 0 Å². The lowest BCUT2D eigenvalue weighted by molar-refractivity contribution is -0.131. The Morgan fingerprint density at radius 2 is 1.73 bits per heavy atom. The summed E-state index contributed by atoms with van der Waals surface area (Å²) in [6.07, 6.45) is 2.61. The van der Waals surface area contributed by atoms with Crippen LogP contribution in [0.3, 0.4) is 0 Å². The first kappa shape index (κ1) is 19.6. The molecule has 0 fully saturated rings. The number of benzene rings is 4. The number of rotatable bonds is 5. The zero-order valence-electron chi connectivity index (χ0n) is 15.7. The van der Waals surface area contributed by atoms with Crippen LogP contribution in [-0.2, 0) is 4.79 Å². The zero-order valence-corrected chi connectivity index (χ0v) is 16.5. The van der Waals surface area contributed by atoms with E-state index in [4.69, 9.17) is 21.4 Å². The van der Waals surface area contributed by atoms with Crippen LogP contribution in [0.5, 0.6) is 17.2 Å². The average molecular weight is 417 g/mol. The maximum atomic E-state index is 10.7. The van der Waals surface area contributed by atoms with E-state index in [1.165, 1.54) is 6.08 Å². The number of fused-ring (bicyclic) bond motifs is 1. The molecule has 2 N–H and O–H groups in total. The Kier molecular flexibility index (Phi) is 5.42. The summed E-state index contributed by atoms with van der Waals surface area (Å²) >= 11 is 6.19.